The van der Waals surface area contributed by atoms with Crippen molar-refractivity contribution in [2.75, 3.05) is 20.3 Å². The van der Waals surface area contributed by atoms with Crippen LogP contribution in [0.25, 0.3) is 0 Å². The SMILES string of the molecule is [CH]CC(=O)N(C)C(C)(CO)CO. The van der Waals surface area contributed by atoms with Crippen LogP contribution in [-0.2, 0) is 4.79 Å². The molecule has 4 heteroatoms. The highest BCUT2D eigenvalue weighted by atomic mass is 16.3. The van der Waals surface area contributed by atoms with Gasteiger partial charge in [-0.1, -0.05) is 0 Å². The molecule has 0 aromatic heterocycles. The van der Waals surface area contributed by atoms with E-state index in [1.165, 1.54) is 11.9 Å². The summed E-state index contributed by atoms with van der Waals surface area (Å²) >= 11 is 0. The molecule has 2 N–H and O–H groups in total. The lowest BCUT2D eigenvalue weighted by Gasteiger charge is -2.35. The highest BCUT2D eigenvalue weighted by Gasteiger charge is 2.30. The third-order valence-corrected chi connectivity index (χ3v) is 2.04. The molecule has 0 aliphatic heterocycles. The van der Waals surface area contributed by atoms with Gasteiger partial charge in [-0.05, 0) is 13.8 Å². The van der Waals surface area contributed by atoms with Crippen LogP contribution >= 0.6 is 0 Å². The van der Waals surface area contributed by atoms with E-state index in [2.05, 4.69) is 0 Å². The van der Waals surface area contributed by atoms with E-state index >= 15 is 0 Å². The molecule has 4 nitrogen and oxygen atoms in total. The Morgan fingerprint density at radius 2 is 1.92 bits per heavy atom. The van der Waals surface area contributed by atoms with Gasteiger partial charge in [0, 0.05) is 13.5 Å². The summed E-state index contributed by atoms with van der Waals surface area (Å²) in [7, 11) is 1.50. The van der Waals surface area contributed by atoms with Crippen molar-refractivity contribution in [2.45, 2.75) is 18.9 Å². The summed E-state index contributed by atoms with van der Waals surface area (Å²) in [4.78, 5) is 12.3. The van der Waals surface area contributed by atoms with Gasteiger partial charge in [-0.15, -0.1) is 0 Å². The van der Waals surface area contributed by atoms with Crippen molar-refractivity contribution in [1.82, 2.24) is 4.90 Å². The maximum absolute atomic E-state index is 11.1. The topological polar surface area (TPSA) is 60.8 Å². The predicted octanol–water partition coefficient (Wildman–Crippen LogP) is -0.711. The van der Waals surface area contributed by atoms with Crippen LogP contribution in [0.3, 0.4) is 0 Å². The number of nitrogens with zero attached hydrogens (tertiary/aromatic N) is 1. The molecule has 0 saturated heterocycles. The third-order valence-electron chi connectivity index (χ3n) is 2.04. The number of amides is 1. The van der Waals surface area contributed by atoms with Gasteiger partial charge in [0.1, 0.15) is 0 Å². The maximum Gasteiger partial charge on any atom is 0.223 e. The van der Waals surface area contributed by atoms with Gasteiger partial charge in [-0.3, -0.25) is 4.79 Å². The monoisotopic (exact) mass is 173 g/mol. The van der Waals surface area contributed by atoms with E-state index in [0.29, 0.717) is 0 Å². The van der Waals surface area contributed by atoms with Gasteiger partial charge in [0.05, 0.1) is 18.8 Å². The minimum atomic E-state index is -0.920. The molecule has 0 fully saturated rings. The molecule has 0 aromatic carbocycles. The van der Waals surface area contributed by atoms with Gasteiger partial charge in [0.15, 0.2) is 0 Å². The van der Waals surface area contributed by atoms with Gasteiger partial charge >= 0.3 is 0 Å². The number of aliphatic hydroxyl groups excluding tert-OH is 2. The molecule has 0 atom stereocenters. The number of likely N-dealkylation sites (N-methyl/N-ethyl adjacent to an activating group) is 1. The Morgan fingerprint density at radius 3 is 2.17 bits per heavy atom. The number of carbonyl (C=O) groups is 1. The minimum Gasteiger partial charge on any atom is -0.394 e. The van der Waals surface area contributed by atoms with Crippen molar-refractivity contribution in [3.8, 4) is 0 Å². The van der Waals surface area contributed by atoms with Gasteiger partial charge < -0.3 is 15.1 Å². The Bertz CT molecular complexity index is 154. The maximum atomic E-state index is 11.1. The highest BCUT2D eigenvalue weighted by Crippen LogP contribution is 2.12. The summed E-state index contributed by atoms with van der Waals surface area (Å²) in [6.45, 7) is 6.14. The van der Waals surface area contributed by atoms with Crippen molar-refractivity contribution < 1.29 is 15.0 Å². The Morgan fingerprint density at radius 1 is 1.50 bits per heavy atom. The molecule has 0 aromatic rings. The molecule has 12 heavy (non-hydrogen) atoms. The fraction of sp³-hybridized carbons (Fsp3) is 0.750. The first-order valence-electron chi connectivity index (χ1n) is 3.70. The van der Waals surface area contributed by atoms with Crippen LogP contribution in [0.1, 0.15) is 13.3 Å². The largest absolute Gasteiger partial charge is 0.394 e. The molecule has 2 radical (unpaired) electrons. The van der Waals surface area contributed by atoms with Crippen LogP contribution in [0.5, 0.6) is 0 Å². The van der Waals surface area contributed by atoms with Gasteiger partial charge in [0.25, 0.3) is 0 Å². The lowest BCUT2D eigenvalue weighted by molar-refractivity contribution is -0.137. The second kappa shape index (κ2) is 4.42. The molecule has 0 spiro atoms. The Labute approximate surface area is 72.8 Å². The Balaban J connectivity index is 4.40. The molecule has 0 aliphatic carbocycles. The molecule has 1 amide bonds. The number of rotatable bonds is 4. The quantitative estimate of drug-likeness (QED) is 0.590. The minimum absolute atomic E-state index is 0.119. The summed E-state index contributed by atoms with van der Waals surface area (Å²) in [5, 5.41) is 17.8. The molecule has 0 unspecified atom stereocenters. The van der Waals surface area contributed by atoms with Crippen molar-refractivity contribution >= 4 is 5.91 Å². The molecule has 0 bridgehead atoms. The van der Waals surface area contributed by atoms with E-state index in [1.54, 1.807) is 6.92 Å². The summed E-state index contributed by atoms with van der Waals surface area (Å²) < 4.78 is 0. The Hall–Kier alpha value is -0.610. The summed E-state index contributed by atoms with van der Waals surface area (Å²) in [6.07, 6.45) is -0.119. The van der Waals surface area contributed by atoms with Crippen molar-refractivity contribution in [3.63, 3.8) is 0 Å². The molecule has 0 saturated carbocycles. The third kappa shape index (κ3) is 2.19. The number of hydrogen-bond donors (Lipinski definition) is 2. The molecular formula is C8H15NO3. The van der Waals surface area contributed by atoms with E-state index in [4.69, 9.17) is 17.1 Å². The number of aliphatic hydroxyl groups is 2. The first-order valence-corrected chi connectivity index (χ1v) is 3.70. The fourth-order valence-electron chi connectivity index (χ4n) is 0.700. The molecule has 70 valence electrons. The average molecular weight is 173 g/mol. The lowest BCUT2D eigenvalue weighted by Crippen LogP contribution is -2.52. The normalized spacial score (nSPS) is 11.4. The van der Waals surface area contributed by atoms with E-state index in [1.807, 2.05) is 0 Å². The van der Waals surface area contributed by atoms with E-state index in [9.17, 15) is 4.79 Å². The van der Waals surface area contributed by atoms with E-state index in [0.717, 1.165) is 0 Å². The van der Waals surface area contributed by atoms with Crippen LogP contribution in [0, 0.1) is 6.92 Å². The first-order chi connectivity index (χ1) is 5.51. The molecular weight excluding hydrogens is 158 g/mol. The highest BCUT2D eigenvalue weighted by molar-refractivity contribution is 5.77. The van der Waals surface area contributed by atoms with Crippen molar-refractivity contribution in [3.05, 3.63) is 6.92 Å². The molecule has 0 aliphatic rings. The van der Waals surface area contributed by atoms with Crippen LogP contribution in [0.2, 0.25) is 0 Å². The van der Waals surface area contributed by atoms with Crippen molar-refractivity contribution in [2.24, 2.45) is 0 Å². The Kier molecular flexibility index (Phi) is 4.20. The zero-order valence-corrected chi connectivity index (χ0v) is 7.45. The zero-order valence-electron chi connectivity index (χ0n) is 7.45. The van der Waals surface area contributed by atoms with Gasteiger partial charge in [-0.2, -0.15) is 0 Å². The van der Waals surface area contributed by atoms with E-state index in [-0.39, 0.29) is 25.5 Å². The second-order valence-corrected chi connectivity index (χ2v) is 2.97. The lowest BCUT2D eigenvalue weighted by atomic mass is 10.0. The predicted molar refractivity (Wildman–Crippen MR) is 44.3 cm³/mol. The number of hydrogen-bond acceptors (Lipinski definition) is 3. The summed E-state index contributed by atoms with van der Waals surface area (Å²) in [5.41, 5.74) is -0.920. The molecule has 0 heterocycles. The van der Waals surface area contributed by atoms with Crippen LogP contribution < -0.4 is 0 Å². The molecule has 0 rings (SSSR count). The van der Waals surface area contributed by atoms with E-state index < -0.39 is 5.54 Å². The van der Waals surface area contributed by atoms with Crippen molar-refractivity contribution in [1.29, 1.82) is 0 Å². The van der Waals surface area contributed by atoms with Crippen LogP contribution in [0.4, 0.5) is 0 Å². The standard InChI is InChI=1S/C8H15NO3/c1-4-7(12)9(3)8(2,5-10)6-11/h1,10-11H,4-6H2,2-3H3. The fourth-order valence-corrected chi connectivity index (χ4v) is 0.700. The zero-order chi connectivity index (χ0) is 9.78. The van der Waals surface area contributed by atoms with Crippen LogP contribution in [-0.4, -0.2) is 46.8 Å². The smallest absolute Gasteiger partial charge is 0.223 e. The summed E-state index contributed by atoms with van der Waals surface area (Å²) in [6, 6.07) is 0. The number of carbonyl (C=O) groups excluding carboxylic acids is 1. The van der Waals surface area contributed by atoms with Gasteiger partial charge in [-0.25, -0.2) is 0 Å². The van der Waals surface area contributed by atoms with Gasteiger partial charge in [0.2, 0.25) is 5.91 Å². The van der Waals surface area contributed by atoms with Crippen LogP contribution in [0.15, 0.2) is 0 Å². The second-order valence-electron chi connectivity index (χ2n) is 2.97. The average Bonchev–Trinajstić information content (AvgIpc) is 2.14. The first kappa shape index (κ1) is 11.4. The summed E-state index contributed by atoms with van der Waals surface area (Å²) in [5.74, 6) is -0.305.